The van der Waals surface area contributed by atoms with Gasteiger partial charge in [-0.1, -0.05) is 29.3 Å². The molecule has 2 rings (SSSR count). The molecule has 1 aromatic carbocycles. The number of aryl methyl sites for hydroxylation is 2. The van der Waals surface area contributed by atoms with Gasteiger partial charge in [0.1, 0.15) is 0 Å². The maximum absolute atomic E-state index is 5.84. The molecule has 2 atom stereocenters. The predicted molar refractivity (Wildman–Crippen MR) is 84.6 cm³/mol. The number of hydrogen-bond acceptors (Lipinski definition) is 4. The molecule has 3 N–H and O–H groups in total. The number of hydrazine groups is 1. The van der Waals surface area contributed by atoms with E-state index in [0.29, 0.717) is 6.04 Å². The maximum Gasteiger partial charge on any atom is 0.0418 e. The van der Waals surface area contributed by atoms with Crippen LogP contribution >= 0.6 is 0 Å². The van der Waals surface area contributed by atoms with Crippen LogP contribution in [0.25, 0.3) is 0 Å². The molecule has 0 radical (unpaired) electrons. The van der Waals surface area contributed by atoms with Crippen molar-refractivity contribution in [3.63, 3.8) is 0 Å². The van der Waals surface area contributed by atoms with E-state index >= 15 is 0 Å². The van der Waals surface area contributed by atoms with Crippen molar-refractivity contribution in [1.82, 2.24) is 15.2 Å². The highest BCUT2D eigenvalue weighted by atomic mass is 15.3. The third kappa shape index (κ3) is 3.79. The van der Waals surface area contributed by atoms with Crippen molar-refractivity contribution in [2.75, 3.05) is 33.7 Å². The van der Waals surface area contributed by atoms with E-state index in [9.17, 15) is 0 Å². The molecule has 2 unspecified atom stereocenters. The number of piperazine rings is 1. The Morgan fingerprint density at radius 2 is 1.85 bits per heavy atom. The zero-order valence-electron chi connectivity index (χ0n) is 13.2. The second-order valence-electron chi connectivity index (χ2n) is 6.28. The molecule has 112 valence electrons. The Morgan fingerprint density at radius 3 is 2.45 bits per heavy atom. The molecule has 1 saturated heterocycles. The number of likely N-dealkylation sites (N-methyl/N-ethyl adjacent to an activating group) is 2. The molecule has 4 nitrogen and oxygen atoms in total. The van der Waals surface area contributed by atoms with Crippen LogP contribution in [0.15, 0.2) is 18.2 Å². The van der Waals surface area contributed by atoms with E-state index in [2.05, 4.69) is 61.4 Å². The Labute approximate surface area is 122 Å². The molecule has 1 aliphatic heterocycles. The highest BCUT2D eigenvalue weighted by molar-refractivity contribution is 5.29. The van der Waals surface area contributed by atoms with Crippen molar-refractivity contribution in [1.29, 1.82) is 0 Å². The van der Waals surface area contributed by atoms with Gasteiger partial charge in [0.2, 0.25) is 0 Å². The smallest absolute Gasteiger partial charge is 0.0418 e. The van der Waals surface area contributed by atoms with Gasteiger partial charge in [0.15, 0.2) is 0 Å². The Morgan fingerprint density at radius 1 is 1.20 bits per heavy atom. The minimum absolute atomic E-state index is 0.281. The van der Waals surface area contributed by atoms with Gasteiger partial charge in [-0.2, -0.15) is 0 Å². The van der Waals surface area contributed by atoms with Gasteiger partial charge in [-0.3, -0.25) is 16.2 Å². The molecule has 0 aliphatic carbocycles. The van der Waals surface area contributed by atoms with E-state index in [1.54, 1.807) is 0 Å². The van der Waals surface area contributed by atoms with Crippen molar-refractivity contribution in [3.05, 3.63) is 34.9 Å². The van der Waals surface area contributed by atoms with Crippen LogP contribution < -0.4 is 11.3 Å². The lowest BCUT2D eigenvalue weighted by Crippen LogP contribution is -2.60. The molecule has 20 heavy (non-hydrogen) atoms. The lowest BCUT2D eigenvalue weighted by Gasteiger charge is -2.41. The summed E-state index contributed by atoms with van der Waals surface area (Å²) >= 11 is 0. The van der Waals surface area contributed by atoms with Gasteiger partial charge in [0.05, 0.1) is 0 Å². The van der Waals surface area contributed by atoms with Crippen molar-refractivity contribution in [2.45, 2.75) is 32.4 Å². The van der Waals surface area contributed by atoms with Crippen LogP contribution in [0, 0.1) is 13.8 Å². The molecule has 1 aromatic rings. The monoisotopic (exact) mass is 276 g/mol. The highest BCUT2D eigenvalue weighted by Gasteiger charge is 2.29. The first-order valence-corrected chi connectivity index (χ1v) is 7.41. The molecule has 0 bridgehead atoms. The molecule has 0 amide bonds. The van der Waals surface area contributed by atoms with Crippen LogP contribution in [0.3, 0.4) is 0 Å². The zero-order valence-corrected chi connectivity index (χ0v) is 13.2. The summed E-state index contributed by atoms with van der Waals surface area (Å²) in [7, 11) is 4.38. The number of rotatable bonds is 4. The standard InChI is InChI=1S/C16H28N4/c1-12-7-13(2)9-14(8-12)10-15(18-17)16-11-19(3)5-6-20(16)4/h7-9,15-16,18H,5-6,10-11,17H2,1-4H3. The molecule has 1 heterocycles. The van der Waals surface area contributed by atoms with Crippen LogP contribution in [-0.4, -0.2) is 55.6 Å². The van der Waals surface area contributed by atoms with Gasteiger partial charge in [-0.05, 0) is 39.9 Å². The summed E-state index contributed by atoms with van der Waals surface area (Å²) in [5.74, 6) is 5.84. The van der Waals surface area contributed by atoms with Gasteiger partial charge in [0, 0.05) is 31.7 Å². The van der Waals surface area contributed by atoms with Gasteiger partial charge in [0.25, 0.3) is 0 Å². The minimum Gasteiger partial charge on any atom is -0.303 e. The average molecular weight is 276 g/mol. The Bertz CT molecular complexity index is 426. The van der Waals surface area contributed by atoms with Crippen LogP contribution in [-0.2, 0) is 6.42 Å². The number of hydrogen-bond donors (Lipinski definition) is 2. The third-order valence-corrected chi connectivity index (χ3v) is 4.31. The highest BCUT2D eigenvalue weighted by Crippen LogP contribution is 2.16. The van der Waals surface area contributed by atoms with E-state index in [4.69, 9.17) is 5.84 Å². The number of nitrogens with two attached hydrogens (primary N) is 1. The van der Waals surface area contributed by atoms with Gasteiger partial charge >= 0.3 is 0 Å². The maximum atomic E-state index is 5.84. The van der Waals surface area contributed by atoms with E-state index in [-0.39, 0.29) is 6.04 Å². The molecule has 1 fully saturated rings. The van der Waals surface area contributed by atoms with Crippen LogP contribution in [0.5, 0.6) is 0 Å². The predicted octanol–water partition coefficient (Wildman–Crippen LogP) is 0.924. The van der Waals surface area contributed by atoms with Gasteiger partial charge in [-0.25, -0.2) is 0 Å². The summed E-state index contributed by atoms with van der Waals surface area (Å²) in [6.07, 6.45) is 0.974. The zero-order chi connectivity index (χ0) is 14.7. The van der Waals surface area contributed by atoms with E-state index in [0.717, 1.165) is 26.1 Å². The Kier molecular flexibility index (Phi) is 5.16. The summed E-state index contributed by atoms with van der Waals surface area (Å²) in [5, 5.41) is 0. The first-order chi connectivity index (χ1) is 9.49. The second kappa shape index (κ2) is 6.68. The van der Waals surface area contributed by atoms with Crippen LogP contribution in [0.1, 0.15) is 16.7 Å². The summed E-state index contributed by atoms with van der Waals surface area (Å²) in [6.45, 7) is 7.61. The summed E-state index contributed by atoms with van der Waals surface area (Å²) in [6, 6.07) is 7.49. The summed E-state index contributed by atoms with van der Waals surface area (Å²) < 4.78 is 0. The minimum atomic E-state index is 0.281. The first-order valence-electron chi connectivity index (χ1n) is 7.41. The molecule has 0 aromatic heterocycles. The Hall–Kier alpha value is -0.940. The average Bonchev–Trinajstić information content (AvgIpc) is 2.38. The van der Waals surface area contributed by atoms with E-state index in [1.165, 1.54) is 16.7 Å². The first kappa shape index (κ1) is 15.4. The third-order valence-electron chi connectivity index (χ3n) is 4.31. The SMILES string of the molecule is Cc1cc(C)cc(CC(NN)C2CN(C)CCN2C)c1. The summed E-state index contributed by atoms with van der Waals surface area (Å²) in [4.78, 5) is 4.81. The van der Waals surface area contributed by atoms with Crippen molar-refractivity contribution in [3.8, 4) is 0 Å². The molecule has 4 heteroatoms. The van der Waals surface area contributed by atoms with Crippen LogP contribution in [0.4, 0.5) is 0 Å². The number of benzene rings is 1. The van der Waals surface area contributed by atoms with Crippen molar-refractivity contribution >= 4 is 0 Å². The Balaban J connectivity index is 2.11. The molecular weight excluding hydrogens is 248 g/mol. The molecule has 1 aliphatic rings. The fraction of sp³-hybridized carbons (Fsp3) is 0.625. The lowest BCUT2D eigenvalue weighted by molar-refractivity contribution is 0.0877. The largest absolute Gasteiger partial charge is 0.303 e. The van der Waals surface area contributed by atoms with Crippen molar-refractivity contribution < 1.29 is 0 Å². The van der Waals surface area contributed by atoms with Crippen LogP contribution in [0.2, 0.25) is 0 Å². The van der Waals surface area contributed by atoms with E-state index in [1.807, 2.05) is 0 Å². The number of nitrogens with one attached hydrogen (secondary N) is 1. The van der Waals surface area contributed by atoms with Gasteiger partial charge < -0.3 is 4.90 Å². The normalized spacial score (nSPS) is 22.9. The second-order valence-corrected chi connectivity index (χ2v) is 6.28. The fourth-order valence-electron chi connectivity index (χ4n) is 3.23. The number of nitrogens with zero attached hydrogens (tertiary/aromatic N) is 2. The lowest BCUT2D eigenvalue weighted by atomic mass is 9.95. The molecule has 0 saturated carbocycles. The summed E-state index contributed by atoms with van der Waals surface area (Å²) in [5.41, 5.74) is 7.06. The quantitative estimate of drug-likeness (QED) is 0.634. The topological polar surface area (TPSA) is 44.5 Å². The molecular formula is C16H28N4. The molecule has 0 spiro atoms. The van der Waals surface area contributed by atoms with Gasteiger partial charge in [-0.15, -0.1) is 0 Å². The fourth-order valence-corrected chi connectivity index (χ4v) is 3.23. The van der Waals surface area contributed by atoms with E-state index < -0.39 is 0 Å². The van der Waals surface area contributed by atoms with Crippen molar-refractivity contribution in [2.24, 2.45) is 5.84 Å².